The number of thioether (sulfide) groups is 1. The molecule has 0 radical (unpaired) electrons. The van der Waals surface area contributed by atoms with Crippen LogP contribution in [0.25, 0.3) is 21.3 Å². The Morgan fingerprint density at radius 3 is 2.75 bits per heavy atom. The summed E-state index contributed by atoms with van der Waals surface area (Å²) in [5.74, 6) is 0.905. The zero-order chi connectivity index (χ0) is 14.1. The normalized spacial score (nSPS) is 11.1. The van der Waals surface area contributed by atoms with E-state index in [1.807, 2.05) is 35.7 Å². The van der Waals surface area contributed by atoms with E-state index in [0.717, 1.165) is 32.3 Å². The first-order chi connectivity index (χ1) is 9.72. The maximum absolute atomic E-state index is 12.6. The van der Waals surface area contributed by atoms with Crippen LogP contribution >= 0.6 is 23.1 Å². The first kappa shape index (κ1) is 13.4. The average Bonchev–Trinajstić information content (AvgIpc) is 2.89. The molecule has 2 heterocycles. The van der Waals surface area contributed by atoms with Crippen molar-refractivity contribution in [2.75, 3.05) is 5.75 Å². The third kappa shape index (κ3) is 2.17. The second kappa shape index (κ2) is 5.42. The molecule has 0 atom stereocenters. The fraction of sp³-hybridized carbons (Fsp3) is 0.200. The van der Waals surface area contributed by atoms with Crippen molar-refractivity contribution in [2.24, 2.45) is 7.05 Å². The van der Waals surface area contributed by atoms with E-state index in [0.29, 0.717) is 0 Å². The molecule has 0 saturated heterocycles. The van der Waals surface area contributed by atoms with Gasteiger partial charge in [-0.25, -0.2) is 4.98 Å². The van der Waals surface area contributed by atoms with Crippen LogP contribution in [0.4, 0.5) is 0 Å². The summed E-state index contributed by atoms with van der Waals surface area (Å²) in [7, 11) is 1.79. The van der Waals surface area contributed by atoms with E-state index in [-0.39, 0.29) is 5.56 Å². The molecule has 1 aromatic carbocycles. The van der Waals surface area contributed by atoms with E-state index < -0.39 is 0 Å². The van der Waals surface area contributed by atoms with Gasteiger partial charge in [-0.15, -0.1) is 11.3 Å². The summed E-state index contributed by atoms with van der Waals surface area (Å²) >= 11 is 3.13. The molecule has 0 unspecified atom stereocenters. The molecule has 0 spiro atoms. The van der Waals surface area contributed by atoms with Gasteiger partial charge in [0.2, 0.25) is 0 Å². The summed E-state index contributed by atoms with van der Waals surface area (Å²) in [6, 6.07) is 9.99. The first-order valence-electron chi connectivity index (χ1n) is 6.38. The molecule has 3 rings (SSSR count). The highest BCUT2D eigenvalue weighted by molar-refractivity contribution is 7.99. The summed E-state index contributed by atoms with van der Waals surface area (Å²) in [6.07, 6.45) is 0. The van der Waals surface area contributed by atoms with Crippen molar-refractivity contribution in [3.8, 4) is 11.1 Å². The first-order valence-corrected chi connectivity index (χ1v) is 8.25. The van der Waals surface area contributed by atoms with Crippen molar-refractivity contribution in [2.45, 2.75) is 12.1 Å². The van der Waals surface area contributed by atoms with Gasteiger partial charge < -0.3 is 0 Å². The SMILES string of the molecule is CCSc1nc2scc(-c3ccccc3)c2c(=O)n1C. The summed E-state index contributed by atoms with van der Waals surface area (Å²) in [5, 5.41) is 3.53. The Labute approximate surface area is 125 Å². The molecule has 0 aliphatic carbocycles. The summed E-state index contributed by atoms with van der Waals surface area (Å²) in [5.41, 5.74) is 2.08. The van der Waals surface area contributed by atoms with Gasteiger partial charge in [0.1, 0.15) is 4.83 Å². The molecule has 0 N–H and O–H groups in total. The third-order valence-electron chi connectivity index (χ3n) is 3.13. The number of aromatic nitrogens is 2. The fourth-order valence-electron chi connectivity index (χ4n) is 2.14. The molecular weight excluding hydrogens is 288 g/mol. The quantitative estimate of drug-likeness (QED) is 0.545. The van der Waals surface area contributed by atoms with E-state index in [4.69, 9.17) is 0 Å². The molecule has 0 aliphatic rings. The molecule has 5 heteroatoms. The minimum absolute atomic E-state index is 0.0334. The highest BCUT2D eigenvalue weighted by Crippen LogP contribution is 2.31. The fourth-order valence-corrected chi connectivity index (χ4v) is 3.83. The van der Waals surface area contributed by atoms with E-state index >= 15 is 0 Å². The van der Waals surface area contributed by atoms with Crippen molar-refractivity contribution in [3.63, 3.8) is 0 Å². The number of hydrogen-bond donors (Lipinski definition) is 0. The number of rotatable bonds is 3. The molecule has 0 bridgehead atoms. The maximum atomic E-state index is 12.6. The maximum Gasteiger partial charge on any atom is 0.263 e. The van der Waals surface area contributed by atoms with Crippen molar-refractivity contribution in [1.29, 1.82) is 0 Å². The Bertz CT molecular complexity index is 806. The lowest BCUT2D eigenvalue weighted by atomic mass is 10.1. The van der Waals surface area contributed by atoms with Crippen molar-refractivity contribution >= 4 is 33.3 Å². The van der Waals surface area contributed by atoms with Crippen LogP contribution in [0.15, 0.2) is 45.7 Å². The Kier molecular flexibility index (Phi) is 3.63. The standard InChI is InChI=1S/C15H14N2OS2/c1-3-19-15-16-13-12(14(18)17(15)2)11(9-20-13)10-7-5-4-6-8-10/h4-9H,3H2,1-2H3. The lowest BCUT2D eigenvalue weighted by Gasteiger charge is -2.06. The van der Waals surface area contributed by atoms with Gasteiger partial charge in [0.15, 0.2) is 5.16 Å². The number of nitrogens with zero attached hydrogens (tertiary/aromatic N) is 2. The van der Waals surface area contributed by atoms with Gasteiger partial charge >= 0.3 is 0 Å². The molecule has 0 aliphatic heterocycles. The highest BCUT2D eigenvalue weighted by Gasteiger charge is 2.14. The van der Waals surface area contributed by atoms with Gasteiger partial charge in [0.05, 0.1) is 5.39 Å². The molecule has 2 aromatic heterocycles. The molecule has 0 fully saturated rings. The summed E-state index contributed by atoms with van der Waals surface area (Å²) in [4.78, 5) is 18.0. The van der Waals surface area contributed by atoms with E-state index in [1.54, 1.807) is 23.4 Å². The Hall–Kier alpha value is -1.59. The van der Waals surface area contributed by atoms with Crippen molar-refractivity contribution < 1.29 is 0 Å². The van der Waals surface area contributed by atoms with Crippen LogP contribution in [0.3, 0.4) is 0 Å². The van der Waals surface area contributed by atoms with Crippen LogP contribution in [-0.4, -0.2) is 15.3 Å². The number of fused-ring (bicyclic) bond motifs is 1. The predicted molar refractivity (Wildman–Crippen MR) is 86.7 cm³/mol. The average molecular weight is 302 g/mol. The van der Waals surface area contributed by atoms with E-state index in [1.165, 1.54) is 11.3 Å². The van der Waals surface area contributed by atoms with Crippen molar-refractivity contribution in [1.82, 2.24) is 9.55 Å². The Morgan fingerprint density at radius 2 is 2.05 bits per heavy atom. The summed E-state index contributed by atoms with van der Waals surface area (Å²) in [6.45, 7) is 2.06. The lowest BCUT2D eigenvalue weighted by Crippen LogP contribution is -2.19. The number of hydrogen-bond acceptors (Lipinski definition) is 4. The highest BCUT2D eigenvalue weighted by atomic mass is 32.2. The zero-order valence-electron chi connectivity index (χ0n) is 11.3. The Morgan fingerprint density at radius 1 is 1.30 bits per heavy atom. The zero-order valence-corrected chi connectivity index (χ0v) is 12.9. The van der Waals surface area contributed by atoms with Gasteiger partial charge in [0, 0.05) is 18.0 Å². The van der Waals surface area contributed by atoms with E-state index in [9.17, 15) is 4.79 Å². The van der Waals surface area contributed by atoms with Crippen LogP contribution in [0.2, 0.25) is 0 Å². The summed E-state index contributed by atoms with van der Waals surface area (Å²) < 4.78 is 1.65. The van der Waals surface area contributed by atoms with Crippen molar-refractivity contribution in [3.05, 3.63) is 46.1 Å². The monoisotopic (exact) mass is 302 g/mol. The molecule has 0 saturated carbocycles. The van der Waals surface area contributed by atoms with Crippen LogP contribution in [-0.2, 0) is 7.05 Å². The third-order valence-corrected chi connectivity index (χ3v) is 4.92. The van der Waals surface area contributed by atoms with Gasteiger partial charge in [-0.2, -0.15) is 0 Å². The van der Waals surface area contributed by atoms with Gasteiger partial charge in [-0.05, 0) is 11.3 Å². The molecule has 3 nitrogen and oxygen atoms in total. The van der Waals surface area contributed by atoms with Crippen LogP contribution < -0.4 is 5.56 Å². The second-order valence-electron chi connectivity index (χ2n) is 4.39. The Balaban J connectivity index is 2.28. The topological polar surface area (TPSA) is 34.9 Å². The second-order valence-corrected chi connectivity index (χ2v) is 6.48. The number of benzene rings is 1. The smallest absolute Gasteiger partial charge is 0.263 e. The van der Waals surface area contributed by atoms with Gasteiger partial charge in [-0.3, -0.25) is 9.36 Å². The van der Waals surface area contributed by atoms with Crippen LogP contribution in [0.1, 0.15) is 6.92 Å². The molecular formula is C15H14N2OS2. The van der Waals surface area contributed by atoms with Crippen LogP contribution in [0, 0.1) is 0 Å². The minimum atomic E-state index is 0.0334. The predicted octanol–water partition coefficient (Wildman–Crippen LogP) is 3.77. The minimum Gasteiger partial charge on any atom is -0.290 e. The molecule has 20 heavy (non-hydrogen) atoms. The molecule has 102 valence electrons. The van der Waals surface area contributed by atoms with Gasteiger partial charge in [0.25, 0.3) is 5.56 Å². The number of thiophene rings is 1. The van der Waals surface area contributed by atoms with Crippen LogP contribution in [0.5, 0.6) is 0 Å². The largest absolute Gasteiger partial charge is 0.290 e. The van der Waals surface area contributed by atoms with E-state index in [2.05, 4.69) is 11.9 Å². The molecule has 0 amide bonds. The molecule has 3 aromatic rings. The van der Waals surface area contributed by atoms with Gasteiger partial charge in [-0.1, -0.05) is 49.0 Å². The lowest BCUT2D eigenvalue weighted by molar-refractivity contribution is 0.728.